The first-order valence-corrected chi connectivity index (χ1v) is 17.1. The molecule has 214 valence electrons. The van der Waals surface area contributed by atoms with Gasteiger partial charge in [0.1, 0.15) is 0 Å². The van der Waals surface area contributed by atoms with Gasteiger partial charge in [0.2, 0.25) is 5.12 Å². The summed E-state index contributed by atoms with van der Waals surface area (Å²) in [4.78, 5) is 13.1. The standard InChI is InChI=1S/C37H54OS/c1-25(2)11-10-12-26(3)32-17-18-33-31-16-15-29-24-30(19-21-36(29,5)34(31)20-22-37(32,33)6)39-35(38)27(4)23-28-13-8-7-9-14-28/h7-9,13-15,23,25-26,30-34H,10-12,16-22,24H2,1-6H3. The van der Waals surface area contributed by atoms with Crippen molar-refractivity contribution in [2.24, 2.45) is 46.3 Å². The number of benzene rings is 1. The molecule has 5 rings (SSSR count). The molecule has 0 aliphatic heterocycles. The Morgan fingerprint density at radius 2 is 1.77 bits per heavy atom. The predicted octanol–water partition coefficient (Wildman–Crippen LogP) is 10.8. The van der Waals surface area contributed by atoms with Gasteiger partial charge in [-0.15, -0.1) is 0 Å². The van der Waals surface area contributed by atoms with Gasteiger partial charge in [-0.3, -0.25) is 4.79 Å². The molecule has 2 heteroatoms. The van der Waals surface area contributed by atoms with Crippen LogP contribution in [0.5, 0.6) is 0 Å². The van der Waals surface area contributed by atoms with E-state index in [0.29, 0.717) is 16.1 Å². The summed E-state index contributed by atoms with van der Waals surface area (Å²) in [7, 11) is 0. The second-order valence-corrected chi connectivity index (χ2v) is 16.1. The van der Waals surface area contributed by atoms with Crippen molar-refractivity contribution in [2.75, 3.05) is 0 Å². The molecule has 1 aromatic carbocycles. The first kappa shape index (κ1) is 29.2. The largest absolute Gasteiger partial charge is 0.282 e. The van der Waals surface area contributed by atoms with E-state index >= 15 is 0 Å². The fraction of sp³-hybridized carbons (Fsp3) is 0.703. The van der Waals surface area contributed by atoms with Crippen molar-refractivity contribution in [3.05, 3.63) is 53.1 Å². The summed E-state index contributed by atoms with van der Waals surface area (Å²) in [5.41, 5.74) is 4.61. The normalized spacial score (nSPS) is 37.1. The number of fused-ring (bicyclic) bond motifs is 5. The highest BCUT2D eigenvalue weighted by molar-refractivity contribution is 8.14. The summed E-state index contributed by atoms with van der Waals surface area (Å²) in [5.74, 6) is 5.30. The van der Waals surface area contributed by atoms with Gasteiger partial charge in [0.15, 0.2) is 0 Å². The quantitative estimate of drug-likeness (QED) is 0.238. The Bertz CT molecular complexity index is 1070. The van der Waals surface area contributed by atoms with Crippen LogP contribution in [-0.4, -0.2) is 10.4 Å². The summed E-state index contributed by atoms with van der Waals surface area (Å²) in [6.07, 6.45) is 19.6. The van der Waals surface area contributed by atoms with Crippen LogP contribution >= 0.6 is 11.8 Å². The van der Waals surface area contributed by atoms with Gasteiger partial charge in [-0.25, -0.2) is 0 Å². The van der Waals surface area contributed by atoms with Crippen molar-refractivity contribution in [1.82, 2.24) is 0 Å². The summed E-state index contributed by atoms with van der Waals surface area (Å²) in [6.45, 7) is 14.6. The Morgan fingerprint density at radius 1 is 1.00 bits per heavy atom. The van der Waals surface area contributed by atoms with E-state index in [2.05, 4.69) is 52.8 Å². The Morgan fingerprint density at radius 3 is 2.51 bits per heavy atom. The molecular weight excluding hydrogens is 492 g/mol. The molecule has 39 heavy (non-hydrogen) atoms. The molecule has 0 aromatic heterocycles. The minimum absolute atomic E-state index is 0.259. The lowest BCUT2D eigenvalue weighted by Crippen LogP contribution is -2.50. The highest BCUT2D eigenvalue weighted by Gasteiger charge is 2.59. The van der Waals surface area contributed by atoms with Gasteiger partial charge in [-0.05, 0) is 116 Å². The van der Waals surface area contributed by atoms with Gasteiger partial charge in [-0.2, -0.15) is 0 Å². The summed E-state index contributed by atoms with van der Waals surface area (Å²) in [5, 5.41) is 0.693. The van der Waals surface area contributed by atoms with E-state index in [-0.39, 0.29) is 5.12 Å². The number of hydrogen-bond donors (Lipinski definition) is 0. The molecule has 0 saturated heterocycles. The SMILES string of the molecule is CC(=Cc1ccccc1)C(=O)SC1CCC2(C)C(=CCC3C2CCC2(C)C(C(C)CCCC(C)C)CCC32)C1. The highest BCUT2D eigenvalue weighted by Crippen LogP contribution is 2.67. The summed E-state index contributed by atoms with van der Waals surface area (Å²) < 4.78 is 0. The van der Waals surface area contributed by atoms with E-state index in [1.54, 1.807) is 17.3 Å². The first-order chi connectivity index (χ1) is 18.6. The molecule has 1 aromatic rings. The fourth-order valence-electron chi connectivity index (χ4n) is 9.86. The monoisotopic (exact) mass is 546 g/mol. The predicted molar refractivity (Wildman–Crippen MR) is 170 cm³/mol. The minimum atomic E-state index is 0.259. The Kier molecular flexibility index (Phi) is 8.92. The van der Waals surface area contributed by atoms with Crippen molar-refractivity contribution < 1.29 is 4.79 Å². The maximum absolute atomic E-state index is 13.1. The molecule has 0 spiro atoms. The maximum atomic E-state index is 13.1. The average molecular weight is 547 g/mol. The molecule has 3 fully saturated rings. The molecule has 0 heterocycles. The van der Waals surface area contributed by atoms with Crippen molar-refractivity contribution in [3.63, 3.8) is 0 Å². The zero-order valence-corrected chi connectivity index (χ0v) is 26.5. The molecule has 4 aliphatic carbocycles. The van der Waals surface area contributed by atoms with E-state index in [9.17, 15) is 4.79 Å². The Hall–Kier alpha value is -1.28. The Labute approximate surface area is 244 Å². The van der Waals surface area contributed by atoms with Gasteiger partial charge in [0, 0.05) is 10.8 Å². The zero-order chi connectivity index (χ0) is 27.8. The zero-order valence-electron chi connectivity index (χ0n) is 25.7. The molecule has 0 amide bonds. The van der Waals surface area contributed by atoms with Crippen LogP contribution in [0.3, 0.4) is 0 Å². The van der Waals surface area contributed by atoms with Crippen molar-refractivity contribution in [2.45, 2.75) is 117 Å². The number of hydrogen-bond acceptors (Lipinski definition) is 2. The molecule has 0 bridgehead atoms. The number of carbonyl (C=O) groups is 1. The van der Waals surface area contributed by atoms with Gasteiger partial charge in [0.05, 0.1) is 0 Å². The van der Waals surface area contributed by atoms with Crippen LogP contribution in [0.1, 0.15) is 118 Å². The molecule has 0 radical (unpaired) electrons. The summed E-state index contributed by atoms with van der Waals surface area (Å²) >= 11 is 1.61. The van der Waals surface area contributed by atoms with Crippen LogP contribution < -0.4 is 0 Å². The molecule has 1 nitrogen and oxygen atoms in total. The second kappa shape index (κ2) is 11.9. The lowest BCUT2D eigenvalue weighted by molar-refractivity contribution is -0.107. The topological polar surface area (TPSA) is 17.1 Å². The molecule has 0 N–H and O–H groups in total. The molecule has 8 unspecified atom stereocenters. The molecule has 8 atom stereocenters. The highest BCUT2D eigenvalue weighted by atomic mass is 32.2. The lowest BCUT2D eigenvalue weighted by atomic mass is 9.47. The molecule has 3 saturated carbocycles. The van der Waals surface area contributed by atoms with Gasteiger partial charge in [-0.1, -0.05) is 108 Å². The minimum Gasteiger partial charge on any atom is -0.282 e. The maximum Gasteiger partial charge on any atom is 0.215 e. The van der Waals surface area contributed by atoms with Gasteiger partial charge < -0.3 is 0 Å². The Balaban J connectivity index is 1.23. The van der Waals surface area contributed by atoms with E-state index < -0.39 is 0 Å². The van der Waals surface area contributed by atoms with Crippen LogP contribution in [0.25, 0.3) is 6.08 Å². The molecular formula is C37H54OS. The van der Waals surface area contributed by atoms with Crippen LogP contribution in [0.4, 0.5) is 0 Å². The number of thioether (sulfide) groups is 1. The first-order valence-electron chi connectivity index (χ1n) is 16.3. The van der Waals surface area contributed by atoms with Crippen LogP contribution in [0, 0.1) is 46.3 Å². The van der Waals surface area contributed by atoms with Gasteiger partial charge in [0.25, 0.3) is 0 Å². The third-order valence-electron chi connectivity index (χ3n) is 12.0. The third kappa shape index (κ3) is 5.89. The van der Waals surface area contributed by atoms with E-state index in [1.807, 2.05) is 31.2 Å². The average Bonchev–Trinajstić information content (AvgIpc) is 3.26. The van der Waals surface area contributed by atoms with Crippen molar-refractivity contribution >= 4 is 23.0 Å². The lowest BCUT2D eigenvalue weighted by Gasteiger charge is -2.58. The van der Waals surface area contributed by atoms with Crippen molar-refractivity contribution in [3.8, 4) is 0 Å². The number of rotatable bonds is 8. The molecule has 4 aliphatic rings. The van der Waals surface area contributed by atoms with Crippen molar-refractivity contribution in [1.29, 1.82) is 0 Å². The van der Waals surface area contributed by atoms with Crippen LogP contribution in [0.15, 0.2) is 47.6 Å². The fourth-order valence-corrected chi connectivity index (χ4v) is 10.9. The number of allylic oxidation sites excluding steroid dienone is 2. The second-order valence-electron chi connectivity index (χ2n) is 14.8. The van der Waals surface area contributed by atoms with Crippen LogP contribution in [-0.2, 0) is 4.79 Å². The van der Waals surface area contributed by atoms with E-state index in [1.165, 1.54) is 64.2 Å². The summed E-state index contributed by atoms with van der Waals surface area (Å²) in [6, 6.07) is 10.3. The van der Waals surface area contributed by atoms with E-state index in [4.69, 9.17) is 0 Å². The number of carbonyl (C=O) groups excluding carboxylic acids is 1. The third-order valence-corrected chi connectivity index (χ3v) is 13.3. The smallest absolute Gasteiger partial charge is 0.215 e. The van der Waals surface area contributed by atoms with Crippen LogP contribution in [0.2, 0.25) is 0 Å². The van der Waals surface area contributed by atoms with E-state index in [0.717, 1.165) is 53.1 Å². The van der Waals surface area contributed by atoms with Gasteiger partial charge >= 0.3 is 0 Å².